The Morgan fingerprint density at radius 3 is 2.06 bits per heavy atom. The van der Waals surface area contributed by atoms with Gasteiger partial charge in [-0.05, 0) is 32.8 Å². The van der Waals surface area contributed by atoms with Gasteiger partial charge in [0.25, 0.3) is 0 Å². The fourth-order valence-corrected chi connectivity index (χ4v) is 1.24. The van der Waals surface area contributed by atoms with Crippen molar-refractivity contribution in [2.45, 2.75) is 46.1 Å². The molecule has 0 aliphatic heterocycles. The first-order valence-electron chi connectivity index (χ1n) is 5.87. The predicted molar refractivity (Wildman–Crippen MR) is 70.9 cm³/mol. The molecule has 0 spiro atoms. The molecule has 1 amide bonds. The molecule has 0 bridgehead atoms. The van der Waals surface area contributed by atoms with Crippen LogP contribution in [-0.2, 0) is 11.2 Å². The Hall–Kier alpha value is -1.51. The summed E-state index contributed by atoms with van der Waals surface area (Å²) in [5.41, 5.74) is 5.71. The minimum Gasteiger partial charge on any atom is -0.444 e. The van der Waals surface area contributed by atoms with Crippen LogP contribution in [0.1, 0.15) is 39.7 Å². The van der Waals surface area contributed by atoms with E-state index in [2.05, 4.69) is 42.0 Å². The van der Waals surface area contributed by atoms with Gasteiger partial charge in [0.05, 0.1) is 0 Å². The van der Waals surface area contributed by atoms with Gasteiger partial charge in [-0.1, -0.05) is 43.7 Å². The minimum absolute atomic E-state index is 0.453. The first-order valence-corrected chi connectivity index (χ1v) is 5.87. The van der Waals surface area contributed by atoms with Gasteiger partial charge in [0.1, 0.15) is 5.60 Å². The molecule has 0 saturated heterocycles. The number of benzene rings is 1. The Morgan fingerprint density at radius 2 is 1.76 bits per heavy atom. The van der Waals surface area contributed by atoms with Gasteiger partial charge in [-0.25, -0.2) is 4.79 Å². The summed E-state index contributed by atoms with van der Waals surface area (Å²) in [6.45, 7) is 7.49. The lowest BCUT2D eigenvalue weighted by molar-refractivity contribution is 0.0600. The molecular formula is C14H23NO2. The molecule has 0 unspecified atom stereocenters. The van der Waals surface area contributed by atoms with Gasteiger partial charge >= 0.3 is 6.09 Å². The van der Waals surface area contributed by atoms with E-state index >= 15 is 0 Å². The van der Waals surface area contributed by atoms with E-state index in [0.717, 1.165) is 0 Å². The molecule has 0 aliphatic carbocycles. The summed E-state index contributed by atoms with van der Waals surface area (Å²) >= 11 is 0. The average Bonchev–Trinajstić information content (AvgIpc) is 2.16. The second-order valence-corrected chi connectivity index (χ2v) is 4.77. The van der Waals surface area contributed by atoms with Crippen LogP contribution in [0.5, 0.6) is 0 Å². The molecule has 0 fully saturated rings. The van der Waals surface area contributed by atoms with Gasteiger partial charge in [0, 0.05) is 0 Å². The summed E-state index contributed by atoms with van der Waals surface area (Å²) in [5, 5.41) is 0. The summed E-state index contributed by atoms with van der Waals surface area (Å²) < 4.78 is 4.58. The molecular weight excluding hydrogens is 214 g/mol. The van der Waals surface area contributed by atoms with Crippen molar-refractivity contribution in [1.29, 1.82) is 0 Å². The number of nitrogens with two attached hydrogens (primary N) is 1. The van der Waals surface area contributed by atoms with E-state index in [1.54, 1.807) is 20.8 Å². The monoisotopic (exact) mass is 237 g/mol. The molecule has 96 valence electrons. The third-order valence-electron chi connectivity index (χ3n) is 1.79. The number of primary amides is 1. The van der Waals surface area contributed by atoms with Gasteiger partial charge in [0.15, 0.2) is 0 Å². The Kier molecular flexibility index (Phi) is 7.03. The first kappa shape index (κ1) is 15.5. The van der Waals surface area contributed by atoms with Crippen LogP contribution in [-0.4, -0.2) is 11.7 Å². The van der Waals surface area contributed by atoms with Crippen LogP contribution in [0.4, 0.5) is 4.79 Å². The molecule has 0 aliphatic rings. The highest BCUT2D eigenvalue weighted by atomic mass is 16.6. The van der Waals surface area contributed by atoms with Crippen molar-refractivity contribution in [3.63, 3.8) is 0 Å². The standard InChI is InChI=1S/C9H12.C5H11NO2/c1-2-6-9-7-4-3-5-8-9;1-5(2,3)8-4(6)7/h3-5,7-8H,2,6H2,1H3;1-3H3,(H2,6,7). The number of hydrogen-bond donors (Lipinski definition) is 1. The fourth-order valence-electron chi connectivity index (χ4n) is 1.24. The average molecular weight is 237 g/mol. The van der Waals surface area contributed by atoms with Gasteiger partial charge < -0.3 is 10.5 Å². The maximum absolute atomic E-state index is 10.0. The normalized spacial score (nSPS) is 10.1. The maximum Gasteiger partial charge on any atom is 0.405 e. The van der Waals surface area contributed by atoms with Crippen molar-refractivity contribution in [2.75, 3.05) is 0 Å². The molecule has 17 heavy (non-hydrogen) atoms. The molecule has 0 saturated carbocycles. The van der Waals surface area contributed by atoms with Gasteiger partial charge in [-0.15, -0.1) is 0 Å². The zero-order valence-electron chi connectivity index (χ0n) is 11.2. The molecule has 2 N–H and O–H groups in total. The summed E-state index contributed by atoms with van der Waals surface area (Å²) in [5.74, 6) is 0. The van der Waals surface area contributed by atoms with Gasteiger partial charge in [-0.2, -0.15) is 0 Å². The topological polar surface area (TPSA) is 52.3 Å². The number of aryl methyl sites for hydroxylation is 1. The highest BCUT2D eigenvalue weighted by Gasteiger charge is 2.12. The quantitative estimate of drug-likeness (QED) is 0.855. The second kappa shape index (κ2) is 7.71. The van der Waals surface area contributed by atoms with Gasteiger partial charge in [0.2, 0.25) is 0 Å². The minimum atomic E-state index is -0.725. The van der Waals surface area contributed by atoms with Crippen molar-refractivity contribution in [3.05, 3.63) is 35.9 Å². The fraction of sp³-hybridized carbons (Fsp3) is 0.500. The van der Waals surface area contributed by atoms with Crippen molar-refractivity contribution in [3.8, 4) is 0 Å². The number of amides is 1. The van der Waals surface area contributed by atoms with Crippen LogP contribution in [0.3, 0.4) is 0 Å². The lowest BCUT2D eigenvalue weighted by Gasteiger charge is -2.16. The Bertz CT molecular complexity index is 315. The molecule has 0 atom stereocenters. The smallest absolute Gasteiger partial charge is 0.405 e. The summed E-state index contributed by atoms with van der Waals surface area (Å²) in [6.07, 6.45) is 1.72. The van der Waals surface area contributed by atoms with Crippen LogP contribution in [0.15, 0.2) is 30.3 Å². The molecule has 0 heterocycles. The number of ether oxygens (including phenoxy) is 1. The van der Waals surface area contributed by atoms with E-state index < -0.39 is 11.7 Å². The SMILES string of the molecule is CC(C)(C)OC(N)=O.CCCc1ccccc1. The highest BCUT2D eigenvalue weighted by Crippen LogP contribution is 2.04. The van der Waals surface area contributed by atoms with E-state index in [1.807, 2.05) is 0 Å². The van der Waals surface area contributed by atoms with E-state index in [9.17, 15) is 4.79 Å². The number of carbonyl (C=O) groups is 1. The van der Waals surface area contributed by atoms with E-state index in [1.165, 1.54) is 18.4 Å². The molecule has 1 aromatic rings. The Balaban J connectivity index is 0.000000304. The lowest BCUT2D eigenvalue weighted by atomic mass is 10.1. The lowest BCUT2D eigenvalue weighted by Crippen LogP contribution is -2.27. The molecule has 0 aromatic heterocycles. The van der Waals surface area contributed by atoms with Crippen LogP contribution >= 0.6 is 0 Å². The molecule has 1 aromatic carbocycles. The van der Waals surface area contributed by atoms with Crippen molar-refractivity contribution in [2.24, 2.45) is 5.73 Å². The summed E-state index contributed by atoms with van der Waals surface area (Å²) in [7, 11) is 0. The van der Waals surface area contributed by atoms with Crippen molar-refractivity contribution >= 4 is 6.09 Å². The highest BCUT2D eigenvalue weighted by molar-refractivity contribution is 5.65. The summed E-state index contributed by atoms with van der Waals surface area (Å²) in [4.78, 5) is 10.0. The summed E-state index contributed by atoms with van der Waals surface area (Å²) in [6, 6.07) is 10.6. The second-order valence-electron chi connectivity index (χ2n) is 4.77. The van der Waals surface area contributed by atoms with Crippen molar-refractivity contribution in [1.82, 2.24) is 0 Å². The van der Waals surface area contributed by atoms with Gasteiger partial charge in [-0.3, -0.25) is 0 Å². The maximum atomic E-state index is 10.0. The Morgan fingerprint density at radius 1 is 1.24 bits per heavy atom. The van der Waals surface area contributed by atoms with E-state index in [4.69, 9.17) is 5.73 Å². The zero-order chi connectivity index (χ0) is 13.3. The largest absolute Gasteiger partial charge is 0.444 e. The Labute approximate surface area is 104 Å². The number of hydrogen-bond acceptors (Lipinski definition) is 2. The van der Waals surface area contributed by atoms with Crippen LogP contribution in [0, 0.1) is 0 Å². The van der Waals surface area contributed by atoms with Crippen LogP contribution in [0.2, 0.25) is 0 Å². The van der Waals surface area contributed by atoms with E-state index in [-0.39, 0.29) is 0 Å². The molecule has 0 radical (unpaired) electrons. The predicted octanol–water partition coefficient (Wildman–Crippen LogP) is 3.52. The molecule has 3 nitrogen and oxygen atoms in total. The van der Waals surface area contributed by atoms with E-state index in [0.29, 0.717) is 0 Å². The third kappa shape index (κ3) is 10.8. The van der Waals surface area contributed by atoms with Crippen LogP contribution in [0.25, 0.3) is 0 Å². The number of rotatable bonds is 2. The van der Waals surface area contributed by atoms with Crippen LogP contribution < -0.4 is 5.73 Å². The zero-order valence-corrected chi connectivity index (χ0v) is 11.2. The number of carbonyl (C=O) groups excluding carboxylic acids is 1. The molecule has 3 heteroatoms. The molecule has 1 rings (SSSR count). The van der Waals surface area contributed by atoms with Crippen molar-refractivity contribution < 1.29 is 9.53 Å². The first-order chi connectivity index (χ1) is 7.85. The third-order valence-corrected chi connectivity index (χ3v) is 1.79.